The Morgan fingerprint density at radius 3 is 2.24 bits per heavy atom. The molecule has 2 N–H and O–H groups in total. The number of aromatic nitrogens is 2. The van der Waals surface area contributed by atoms with Gasteiger partial charge in [0.25, 0.3) is 0 Å². The monoisotopic (exact) mass is 245 g/mol. The van der Waals surface area contributed by atoms with Gasteiger partial charge in [-0.1, -0.05) is 0 Å². The number of anilines is 1. The first-order valence-corrected chi connectivity index (χ1v) is 6.41. The number of thioether (sulfide) groups is 1. The molecule has 1 aromatic heterocycles. The van der Waals surface area contributed by atoms with Crippen molar-refractivity contribution in [1.29, 1.82) is 0 Å². The zero-order valence-corrected chi connectivity index (χ0v) is 10.8. The molecule has 2 rings (SSSR count). The predicted molar refractivity (Wildman–Crippen MR) is 71.9 cm³/mol. The van der Waals surface area contributed by atoms with Gasteiger partial charge < -0.3 is 5.73 Å². The highest BCUT2D eigenvalue weighted by molar-refractivity contribution is 7.98. The van der Waals surface area contributed by atoms with Crippen LogP contribution in [0.2, 0.25) is 0 Å². The summed E-state index contributed by atoms with van der Waals surface area (Å²) in [4.78, 5) is 10.0. The Bertz CT molecular complexity index is 488. The van der Waals surface area contributed by atoms with Crippen LogP contribution in [0.25, 0.3) is 0 Å². The number of aryl methyl sites for hydroxylation is 2. The molecule has 1 aromatic carbocycles. The molecular formula is C13H15N3S. The molecule has 88 valence electrons. The molecule has 0 atom stereocenters. The van der Waals surface area contributed by atoms with Gasteiger partial charge in [-0.15, -0.1) is 11.8 Å². The van der Waals surface area contributed by atoms with Gasteiger partial charge in [0.05, 0.1) is 5.75 Å². The van der Waals surface area contributed by atoms with Crippen molar-refractivity contribution in [2.75, 3.05) is 5.73 Å². The lowest BCUT2D eigenvalue weighted by molar-refractivity contribution is 0.963. The summed E-state index contributed by atoms with van der Waals surface area (Å²) in [5.41, 5.74) is 8.47. The average Bonchev–Trinajstić information content (AvgIpc) is 2.27. The summed E-state index contributed by atoms with van der Waals surface area (Å²) in [7, 11) is 0. The molecule has 1 heterocycles. The number of nitrogen functional groups attached to an aromatic ring is 1. The van der Waals surface area contributed by atoms with E-state index in [0.29, 0.717) is 0 Å². The van der Waals surface area contributed by atoms with Crippen molar-refractivity contribution in [3.63, 3.8) is 0 Å². The van der Waals surface area contributed by atoms with E-state index in [1.54, 1.807) is 11.8 Å². The summed E-state index contributed by atoms with van der Waals surface area (Å²) < 4.78 is 0. The highest BCUT2D eigenvalue weighted by Gasteiger charge is 2.01. The smallest absolute Gasteiger partial charge is 0.139 e. The number of nitrogens with two attached hydrogens (primary N) is 1. The standard InChI is InChI=1S/C13H15N3S/c1-9-7-10(2)16-13(15-9)8-17-12-5-3-11(14)4-6-12/h3-7H,8,14H2,1-2H3. The molecule has 3 nitrogen and oxygen atoms in total. The summed E-state index contributed by atoms with van der Waals surface area (Å²) in [5, 5.41) is 0. The predicted octanol–water partition coefficient (Wildman–Crippen LogP) is 2.97. The van der Waals surface area contributed by atoms with Crippen LogP contribution in [0, 0.1) is 13.8 Å². The van der Waals surface area contributed by atoms with Crippen molar-refractivity contribution < 1.29 is 0 Å². The number of hydrogen-bond acceptors (Lipinski definition) is 4. The van der Waals surface area contributed by atoms with Gasteiger partial charge in [-0.25, -0.2) is 9.97 Å². The van der Waals surface area contributed by atoms with E-state index in [2.05, 4.69) is 9.97 Å². The maximum Gasteiger partial charge on any atom is 0.139 e. The summed E-state index contributed by atoms with van der Waals surface area (Å²) in [6.07, 6.45) is 0. The molecule has 0 aliphatic heterocycles. The normalized spacial score (nSPS) is 10.5. The number of nitrogens with zero attached hydrogens (tertiary/aromatic N) is 2. The Labute approximate surface area is 105 Å². The van der Waals surface area contributed by atoms with Crippen LogP contribution in [-0.2, 0) is 5.75 Å². The van der Waals surface area contributed by atoms with Gasteiger partial charge in [0.1, 0.15) is 5.82 Å². The first kappa shape index (κ1) is 11.9. The van der Waals surface area contributed by atoms with E-state index in [-0.39, 0.29) is 0 Å². The number of hydrogen-bond donors (Lipinski definition) is 1. The summed E-state index contributed by atoms with van der Waals surface area (Å²) in [6.45, 7) is 3.98. The maximum absolute atomic E-state index is 5.64. The molecule has 0 unspecified atom stereocenters. The second-order valence-electron chi connectivity index (χ2n) is 3.92. The molecule has 4 heteroatoms. The third-order valence-corrected chi connectivity index (χ3v) is 3.28. The average molecular weight is 245 g/mol. The lowest BCUT2D eigenvalue weighted by Gasteiger charge is -2.03. The highest BCUT2D eigenvalue weighted by atomic mass is 32.2. The fourth-order valence-corrected chi connectivity index (χ4v) is 2.33. The van der Waals surface area contributed by atoms with E-state index < -0.39 is 0 Å². The zero-order chi connectivity index (χ0) is 12.3. The Morgan fingerprint density at radius 1 is 1.06 bits per heavy atom. The summed E-state index contributed by atoms with van der Waals surface area (Å²) in [5.74, 6) is 1.66. The van der Waals surface area contributed by atoms with E-state index in [1.165, 1.54) is 4.90 Å². The molecule has 0 spiro atoms. The first-order valence-electron chi connectivity index (χ1n) is 5.43. The lowest BCUT2D eigenvalue weighted by Crippen LogP contribution is -1.97. The fraction of sp³-hybridized carbons (Fsp3) is 0.231. The topological polar surface area (TPSA) is 51.8 Å². The van der Waals surface area contributed by atoms with E-state index in [1.807, 2.05) is 44.2 Å². The van der Waals surface area contributed by atoms with E-state index >= 15 is 0 Å². The SMILES string of the molecule is Cc1cc(C)nc(CSc2ccc(N)cc2)n1. The van der Waals surface area contributed by atoms with Crippen molar-refractivity contribution in [2.45, 2.75) is 24.5 Å². The van der Waals surface area contributed by atoms with Crippen LogP contribution in [0.1, 0.15) is 17.2 Å². The minimum Gasteiger partial charge on any atom is -0.399 e. The molecule has 0 radical (unpaired) electrons. The van der Waals surface area contributed by atoms with Gasteiger partial charge in [0, 0.05) is 22.0 Å². The van der Waals surface area contributed by atoms with Crippen LogP contribution in [0.4, 0.5) is 5.69 Å². The minimum absolute atomic E-state index is 0.784. The third kappa shape index (κ3) is 3.46. The molecule has 0 amide bonds. The molecule has 0 saturated carbocycles. The van der Waals surface area contributed by atoms with Crippen molar-refractivity contribution in [3.8, 4) is 0 Å². The van der Waals surface area contributed by atoms with Gasteiger partial charge in [-0.05, 0) is 44.2 Å². The molecule has 0 aliphatic rings. The molecule has 17 heavy (non-hydrogen) atoms. The Kier molecular flexibility index (Phi) is 3.64. The van der Waals surface area contributed by atoms with Crippen molar-refractivity contribution >= 4 is 17.4 Å². The summed E-state index contributed by atoms with van der Waals surface area (Å²) in [6, 6.07) is 9.83. The molecular weight excluding hydrogens is 230 g/mol. The van der Waals surface area contributed by atoms with Crippen molar-refractivity contribution in [3.05, 3.63) is 47.5 Å². The largest absolute Gasteiger partial charge is 0.399 e. The van der Waals surface area contributed by atoms with Crippen LogP contribution in [0.5, 0.6) is 0 Å². The van der Waals surface area contributed by atoms with Gasteiger partial charge in [-0.3, -0.25) is 0 Å². The van der Waals surface area contributed by atoms with Gasteiger partial charge in [0.15, 0.2) is 0 Å². The zero-order valence-electron chi connectivity index (χ0n) is 9.97. The Hall–Kier alpha value is -1.55. The third-order valence-electron chi connectivity index (χ3n) is 2.28. The highest BCUT2D eigenvalue weighted by Crippen LogP contribution is 2.22. The minimum atomic E-state index is 0.784. The van der Waals surface area contributed by atoms with Crippen LogP contribution >= 0.6 is 11.8 Å². The molecule has 0 saturated heterocycles. The molecule has 0 bridgehead atoms. The van der Waals surface area contributed by atoms with Gasteiger partial charge >= 0.3 is 0 Å². The van der Waals surface area contributed by atoms with Crippen LogP contribution in [0.3, 0.4) is 0 Å². The second kappa shape index (κ2) is 5.19. The van der Waals surface area contributed by atoms with Crippen LogP contribution in [0.15, 0.2) is 35.2 Å². The van der Waals surface area contributed by atoms with E-state index in [0.717, 1.165) is 28.7 Å². The Balaban J connectivity index is 2.04. The molecule has 0 aliphatic carbocycles. The van der Waals surface area contributed by atoms with Crippen LogP contribution in [-0.4, -0.2) is 9.97 Å². The van der Waals surface area contributed by atoms with E-state index in [9.17, 15) is 0 Å². The number of benzene rings is 1. The van der Waals surface area contributed by atoms with Crippen molar-refractivity contribution in [2.24, 2.45) is 0 Å². The first-order chi connectivity index (χ1) is 8.13. The van der Waals surface area contributed by atoms with Gasteiger partial charge in [0.2, 0.25) is 0 Å². The summed E-state index contributed by atoms with van der Waals surface area (Å²) >= 11 is 1.72. The van der Waals surface area contributed by atoms with E-state index in [4.69, 9.17) is 5.73 Å². The van der Waals surface area contributed by atoms with Crippen LogP contribution < -0.4 is 5.73 Å². The number of rotatable bonds is 3. The Morgan fingerprint density at radius 2 is 1.65 bits per heavy atom. The fourth-order valence-electron chi connectivity index (χ4n) is 1.58. The second-order valence-corrected chi connectivity index (χ2v) is 4.97. The van der Waals surface area contributed by atoms with Crippen molar-refractivity contribution in [1.82, 2.24) is 9.97 Å². The molecule has 0 fully saturated rings. The maximum atomic E-state index is 5.64. The lowest BCUT2D eigenvalue weighted by atomic mass is 10.3. The van der Waals surface area contributed by atoms with Gasteiger partial charge in [-0.2, -0.15) is 0 Å². The molecule has 2 aromatic rings. The quantitative estimate of drug-likeness (QED) is 0.667.